The zero-order chi connectivity index (χ0) is 15.1. The molecular formula is C14H27BrN4O. The topological polar surface area (TPSA) is 42.3 Å². The molecule has 0 aliphatic rings. The lowest BCUT2D eigenvalue weighted by atomic mass is 10.0. The summed E-state index contributed by atoms with van der Waals surface area (Å²) in [5, 5.41) is 8.02. The lowest BCUT2D eigenvalue weighted by Gasteiger charge is -2.27. The van der Waals surface area contributed by atoms with Crippen molar-refractivity contribution >= 4 is 15.9 Å². The van der Waals surface area contributed by atoms with Crippen LogP contribution in [0.3, 0.4) is 0 Å². The molecule has 0 aliphatic heterocycles. The minimum absolute atomic E-state index is 0.140. The number of likely N-dealkylation sites (N-methyl/N-ethyl adjacent to an activating group) is 2. The van der Waals surface area contributed by atoms with E-state index in [9.17, 15) is 0 Å². The molecule has 1 heterocycles. The first-order valence-electron chi connectivity index (χ1n) is 7.17. The Morgan fingerprint density at radius 3 is 2.65 bits per heavy atom. The third-order valence-corrected chi connectivity index (χ3v) is 4.00. The summed E-state index contributed by atoms with van der Waals surface area (Å²) >= 11 is 3.63. The third kappa shape index (κ3) is 4.55. The highest BCUT2D eigenvalue weighted by Crippen LogP contribution is 2.28. The first-order valence-corrected chi connectivity index (χ1v) is 7.96. The molecule has 20 heavy (non-hydrogen) atoms. The molecule has 2 unspecified atom stereocenters. The molecule has 0 saturated carbocycles. The maximum atomic E-state index is 5.64. The van der Waals surface area contributed by atoms with Crippen molar-refractivity contribution in [3.05, 3.63) is 16.4 Å². The number of hydrogen-bond acceptors (Lipinski definition) is 4. The highest BCUT2D eigenvalue weighted by molar-refractivity contribution is 9.10. The van der Waals surface area contributed by atoms with E-state index >= 15 is 0 Å². The van der Waals surface area contributed by atoms with E-state index in [1.165, 1.54) is 5.69 Å². The van der Waals surface area contributed by atoms with Crippen LogP contribution in [0.25, 0.3) is 0 Å². The summed E-state index contributed by atoms with van der Waals surface area (Å²) in [7, 11) is 5.92. The van der Waals surface area contributed by atoms with Crippen LogP contribution in [0.1, 0.15) is 32.0 Å². The van der Waals surface area contributed by atoms with Crippen LogP contribution in [-0.2, 0) is 11.3 Å². The fraction of sp³-hybridized carbons (Fsp3) is 0.786. The van der Waals surface area contributed by atoms with E-state index in [4.69, 9.17) is 4.74 Å². The average molecular weight is 347 g/mol. The fourth-order valence-corrected chi connectivity index (χ4v) is 2.86. The number of ether oxygens (including phenoxy) is 1. The molecule has 0 radical (unpaired) electrons. The Morgan fingerprint density at radius 2 is 2.15 bits per heavy atom. The Morgan fingerprint density at radius 1 is 1.45 bits per heavy atom. The second-order valence-electron chi connectivity index (χ2n) is 5.12. The van der Waals surface area contributed by atoms with Crippen molar-refractivity contribution in [2.45, 2.75) is 39.0 Å². The van der Waals surface area contributed by atoms with Crippen LogP contribution < -0.4 is 5.32 Å². The van der Waals surface area contributed by atoms with Gasteiger partial charge < -0.3 is 15.0 Å². The molecule has 0 fully saturated rings. The van der Waals surface area contributed by atoms with Crippen molar-refractivity contribution in [2.75, 3.05) is 34.3 Å². The first kappa shape index (κ1) is 17.6. The van der Waals surface area contributed by atoms with Crippen LogP contribution >= 0.6 is 15.9 Å². The fourth-order valence-electron chi connectivity index (χ4n) is 2.32. The van der Waals surface area contributed by atoms with E-state index < -0.39 is 0 Å². The van der Waals surface area contributed by atoms with Crippen molar-refractivity contribution in [3.8, 4) is 0 Å². The second kappa shape index (κ2) is 8.77. The Labute approximate surface area is 130 Å². The van der Waals surface area contributed by atoms with Crippen molar-refractivity contribution in [1.29, 1.82) is 0 Å². The van der Waals surface area contributed by atoms with Gasteiger partial charge in [-0.1, -0.05) is 13.8 Å². The molecule has 116 valence electrons. The summed E-state index contributed by atoms with van der Waals surface area (Å²) < 4.78 is 8.75. The maximum absolute atomic E-state index is 5.64. The molecule has 0 aliphatic carbocycles. The molecule has 5 nitrogen and oxygen atoms in total. The molecule has 2 atom stereocenters. The van der Waals surface area contributed by atoms with Crippen LogP contribution in [0.5, 0.6) is 0 Å². The number of halogens is 1. The highest BCUT2D eigenvalue weighted by Gasteiger charge is 2.26. The lowest BCUT2D eigenvalue weighted by Crippen LogP contribution is -2.35. The largest absolute Gasteiger partial charge is 0.379 e. The van der Waals surface area contributed by atoms with E-state index in [2.05, 4.69) is 63.9 Å². The van der Waals surface area contributed by atoms with Crippen LogP contribution in [0, 0.1) is 0 Å². The molecule has 1 rings (SSSR count). The normalized spacial score (nSPS) is 14.8. The number of nitrogens with one attached hydrogen (secondary N) is 1. The van der Waals surface area contributed by atoms with Crippen molar-refractivity contribution in [3.63, 3.8) is 0 Å². The Hall–Kier alpha value is -0.430. The number of rotatable bonds is 9. The van der Waals surface area contributed by atoms with Gasteiger partial charge in [-0.2, -0.15) is 5.10 Å². The van der Waals surface area contributed by atoms with E-state index in [-0.39, 0.29) is 12.1 Å². The Bertz CT molecular complexity index is 391. The Kier molecular flexibility index (Phi) is 7.72. The van der Waals surface area contributed by atoms with Gasteiger partial charge in [-0.25, -0.2) is 0 Å². The van der Waals surface area contributed by atoms with Gasteiger partial charge in [0.2, 0.25) is 0 Å². The van der Waals surface area contributed by atoms with E-state index in [1.807, 2.05) is 6.20 Å². The lowest BCUT2D eigenvalue weighted by molar-refractivity contribution is 0.0623. The smallest absolute Gasteiger partial charge is 0.0779 e. The minimum atomic E-state index is 0.140. The van der Waals surface area contributed by atoms with Crippen LogP contribution in [0.4, 0.5) is 0 Å². The molecule has 1 aromatic heterocycles. The molecule has 1 aromatic rings. The molecule has 0 amide bonds. The predicted octanol–water partition coefficient (Wildman–Crippen LogP) is 2.28. The van der Waals surface area contributed by atoms with Gasteiger partial charge in [0.15, 0.2) is 0 Å². The molecular weight excluding hydrogens is 320 g/mol. The summed E-state index contributed by atoms with van der Waals surface area (Å²) in [6, 6.07) is 0.147. The molecule has 0 saturated heterocycles. The quantitative estimate of drug-likeness (QED) is 0.744. The van der Waals surface area contributed by atoms with Crippen LogP contribution in [0.15, 0.2) is 10.7 Å². The van der Waals surface area contributed by atoms with Gasteiger partial charge >= 0.3 is 0 Å². The van der Waals surface area contributed by atoms with Gasteiger partial charge in [0, 0.05) is 13.7 Å². The Balaban J connectivity index is 3.02. The van der Waals surface area contributed by atoms with Crippen molar-refractivity contribution < 1.29 is 4.74 Å². The highest BCUT2D eigenvalue weighted by atomic mass is 79.9. The number of nitrogens with zero attached hydrogens (tertiary/aromatic N) is 3. The zero-order valence-corrected chi connectivity index (χ0v) is 14.8. The average Bonchev–Trinajstić information content (AvgIpc) is 2.77. The van der Waals surface area contributed by atoms with Crippen LogP contribution in [0.2, 0.25) is 0 Å². The first-order chi connectivity index (χ1) is 9.54. The van der Waals surface area contributed by atoms with Crippen LogP contribution in [-0.4, -0.2) is 55.1 Å². The molecule has 6 heteroatoms. The third-order valence-electron chi connectivity index (χ3n) is 3.39. The predicted molar refractivity (Wildman–Crippen MR) is 86.0 cm³/mol. The van der Waals surface area contributed by atoms with E-state index in [0.717, 1.165) is 30.5 Å². The van der Waals surface area contributed by atoms with Crippen molar-refractivity contribution in [1.82, 2.24) is 20.0 Å². The second-order valence-corrected chi connectivity index (χ2v) is 5.98. The van der Waals surface area contributed by atoms with Gasteiger partial charge in [-0.3, -0.25) is 4.68 Å². The number of hydrogen-bond donors (Lipinski definition) is 1. The van der Waals surface area contributed by atoms with E-state index in [0.29, 0.717) is 0 Å². The molecule has 0 bridgehead atoms. The number of methoxy groups -OCH3 is 1. The standard InChI is InChI=1S/C14H27BrN4O/c1-6-12(20-5)13(16-7-2)14-11(15)10-17-19(14)9-8-18(3)4/h10,12-13,16H,6-9H2,1-5H3. The molecule has 0 aromatic carbocycles. The molecule has 1 N–H and O–H groups in total. The SMILES string of the molecule is CCNC(c1c(Br)cnn1CCN(C)C)C(CC)OC. The van der Waals surface area contributed by atoms with Gasteiger partial charge in [0.1, 0.15) is 0 Å². The monoisotopic (exact) mass is 346 g/mol. The van der Waals surface area contributed by atoms with Gasteiger partial charge in [0.05, 0.1) is 35.1 Å². The summed E-state index contributed by atoms with van der Waals surface area (Å²) in [6.45, 7) is 6.99. The van der Waals surface area contributed by atoms with Gasteiger partial charge in [0.25, 0.3) is 0 Å². The summed E-state index contributed by atoms with van der Waals surface area (Å²) in [5.74, 6) is 0. The van der Waals surface area contributed by atoms with Gasteiger partial charge in [-0.05, 0) is 43.0 Å². The maximum Gasteiger partial charge on any atom is 0.0779 e. The molecule has 0 spiro atoms. The van der Waals surface area contributed by atoms with E-state index in [1.54, 1.807) is 7.11 Å². The summed E-state index contributed by atoms with van der Waals surface area (Å²) in [5.41, 5.74) is 1.17. The minimum Gasteiger partial charge on any atom is -0.379 e. The van der Waals surface area contributed by atoms with Crippen molar-refractivity contribution in [2.24, 2.45) is 0 Å². The zero-order valence-electron chi connectivity index (χ0n) is 13.2. The number of aromatic nitrogens is 2. The summed E-state index contributed by atoms with van der Waals surface area (Å²) in [6.07, 6.45) is 2.97. The summed E-state index contributed by atoms with van der Waals surface area (Å²) in [4.78, 5) is 2.16. The van der Waals surface area contributed by atoms with Gasteiger partial charge in [-0.15, -0.1) is 0 Å².